The monoisotopic (exact) mass is 358 g/mol. The van der Waals surface area contributed by atoms with Gasteiger partial charge in [-0.1, -0.05) is 40.9 Å². The quantitative estimate of drug-likeness (QED) is 0.806. The Hall–Kier alpha value is -1.33. The minimum absolute atomic E-state index is 0.132. The first-order valence-corrected chi connectivity index (χ1v) is 7.74. The largest absolute Gasteiger partial charge is 0.326 e. The zero-order chi connectivity index (χ0) is 16.1. The maximum absolute atomic E-state index is 12.0. The molecule has 4 nitrogen and oxygen atoms in total. The molecule has 0 bridgehead atoms. The number of hydrogen-bond acceptors (Lipinski definition) is 2. The van der Waals surface area contributed by atoms with Crippen molar-refractivity contribution < 1.29 is 9.69 Å². The third-order valence-corrected chi connectivity index (χ3v) is 4.03. The van der Waals surface area contributed by atoms with E-state index in [2.05, 4.69) is 10.3 Å². The van der Waals surface area contributed by atoms with Crippen LogP contribution in [-0.2, 0) is 11.3 Å². The summed E-state index contributed by atoms with van der Waals surface area (Å²) in [6, 6.07) is 8.88. The van der Waals surface area contributed by atoms with Crippen molar-refractivity contribution in [2.24, 2.45) is 0 Å². The molecule has 0 saturated heterocycles. The second-order valence-electron chi connectivity index (χ2n) is 4.95. The predicted molar refractivity (Wildman–Crippen MR) is 89.8 cm³/mol. The van der Waals surface area contributed by atoms with Crippen LogP contribution in [0.4, 0.5) is 5.69 Å². The molecule has 0 saturated carbocycles. The summed E-state index contributed by atoms with van der Waals surface area (Å²) in [5, 5.41) is 4.05. The van der Waals surface area contributed by atoms with Gasteiger partial charge in [0.05, 0.1) is 22.8 Å². The summed E-state index contributed by atoms with van der Waals surface area (Å²) in [7, 11) is 1.92. The second kappa shape index (κ2) is 7.79. The molecule has 2 rings (SSSR count). The summed E-state index contributed by atoms with van der Waals surface area (Å²) < 4.78 is 0. The third-order valence-electron chi connectivity index (χ3n) is 2.99. The summed E-state index contributed by atoms with van der Waals surface area (Å²) in [5.41, 5.74) is 1.52. The van der Waals surface area contributed by atoms with E-state index in [1.54, 1.807) is 24.4 Å². The van der Waals surface area contributed by atoms with Gasteiger partial charge in [-0.25, -0.2) is 4.98 Å². The van der Waals surface area contributed by atoms with Crippen molar-refractivity contribution in [2.75, 3.05) is 18.9 Å². The fraction of sp³-hybridized carbons (Fsp3) is 0.200. The first kappa shape index (κ1) is 17.0. The van der Waals surface area contributed by atoms with Crippen LogP contribution >= 0.6 is 34.8 Å². The standard InChI is InChI=1S/C15H14Cl3N3O/c1-21(8-10-4-5-11(16)12(17)7-10)9-14(22)20-13-3-2-6-19-15(13)18/h2-7H,8-9H2,1H3,(H,20,22)/p+1. The first-order valence-electron chi connectivity index (χ1n) is 6.61. The van der Waals surface area contributed by atoms with Crippen molar-refractivity contribution >= 4 is 46.4 Å². The van der Waals surface area contributed by atoms with E-state index in [1.165, 1.54) is 0 Å². The molecule has 1 heterocycles. The van der Waals surface area contributed by atoms with Crippen LogP contribution in [0, 0.1) is 0 Å². The van der Waals surface area contributed by atoms with E-state index in [0.717, 1.165) is 10.5 Å². The molecule has 1 amide bonds. The number of carbonyl (C=O) groups excluding carboxylic acids is 1. The zero-order valence-corrected chi connectivity index (χ0v) is 14.1. The van der Waals surface area contributed by atoms with Crippen molar-refractivity contribution in [1.29, 1.82) is 0 Å². The Morgan fingerprint density at radius 2 is 2.00 bits per heavy atom. The Kier molecular flexibility index (Phi) is 6.03. The van der Waals surface area contributed by atoms with Crippen LogP contribution in [0.15, 0.2) is 36.5 Å². The van der Waals surface area contributed by atoms with Crippen LogP contribution in [0.2, 0.25) is 15.2 Å². The van der Waals surface area contributed by atoms with Gasteiger partial charge in [0.2, 0.25) is 0 Å². The van der Waals surface area contributed by atoms with Gasteiger partial charge in [-0.15, -0.1) is 0 Å². The highest BCUT2D eigenvalue weighted by atomic mass is 35.5. The molecule has 0 aliphatic rings. The molecule has 0 radical (unpaired) electrons. The van der Waals surface area contributed by atoms with Gasteiger partial charge in [-0.05, 0) is 24.3 Å². The van der Waals surface area contributed by atoms with Crippen LogP contribution in [0.3, 0.4) is 0 Å². The third kappa shape index (κ3) is 4.85. The molecule has 0 spiro atoms. The Labute approximate surface area is 144 Å². The SMILES string of the molecule is C[NH+](CC(=O)Nc1cccnc1Cl)Cc1ccc(Cl)c(Cl)c1. The molecule has 0 aliphatic heterocycles. The molecule has 0 aliphatic carbocycles. The van der Waals surface area contributed by atoms with Gasteiger partial charge in [0, 0.05) is 11.8 Å². The number of rotatable bonds is 5. The molecule has 0 fully saturated rings. The average molecular weight is 360 g/mol. The molecular formula is C15H15Cl3N3O+. The Bertz CT molecular complexity index is 679. The number of carbonyl (C=O) groups is 1. The zero-order valence-electron chi connectivity index (χ0n) is 11.9. The number of halogens is 3. The van der Waals surface area contributed by atoms with E-state index in [-0.39, 0.29) is 11.1 Å². The van der Waals surface area contributed by atoms with Gasteiger partial charge in [-0.3, -0.25) is 4.79 Å². The maximum Gasteiger partial charge on any atom is 0.279 e. The number of nitrogens with one attached hydrogen (secondary N) is 2. The van der Waals surface area contributed by atoms with Crippen LogP contribution < -0.4 is 10.2 Å². The summed E-state index contributed by atoms with van der Waals surface area (Å²) in [4.78, 5) is 16.9. The lowest BCUT2D eigenvalue weighted by Crippen LogP contribution is -3.08. The fourth-order valence-corrected chi connectivity index (χ4v) is 2.50. The summed E-state index contributed by atoms with van der Waals surface area (Å²) in [6.45, 7) is 0.955. The molecular weight excluding hydrogens is 345 g/mol. The summed E-state index contributed by atoms with van der Waals surface area (Å²) in [5.74, 6) is -0.132. The van der Waals surface area contributed by atoms with Crippen LogP contribution in [-0.4, -0.2) is 24.5 Å². The minimum atomic E-state index is -0.132. The Morgan fingerprint density at radius 1 is 1.23 bits per heavy atom. The lowest BCUT2D eigenvalue weighted by Gasteiger charge is -2.14. The molecule has 1 unspecified atom stereocenters. The number of pyridine rings is 1. The second-order valence-corrected chi connectivity index (χ2v) is 6.12. The average Bonchev–Trinajstić information content (AvgIpc) is 2.45. The predicted octanol–water partition coefficient (Wildman–Crippen LogP) is 2.70. The maximum atomic E-state index is 12.0. The molecule has 116 valence electrons. The number of nitrogens with zero attached hydrogens (tertiary/aromatic N) is 1. The normalized spacial score (nSPS) is 12.0. The van der Waals surface area contributed by atoms with Crippen LogP contribution in [0.1, 0.15) is 5.56 Å². The van der Waals surface area contributed by atoms with Crippen molar-refractivity contribution in [3.8, 4) is 0 Å². The highest BCUT2D eigenvalue weighted by Crippen LogP contribution is 2.22. The lowest BCUT2D eigenvalue weighted by molar-refractivity contribution is -0.885. The molecule has 7 heteroatoms. The topological polar surface area (TPSA) is 46.4 Å². The number of anilines is 1. The Morgan fingerprint density at radius 3 is 2.68 bits per heavy atom. The van der Waals surface area contributed by atoms with E-state index in [0.29, 0.717) is 28.8 Å². The van der Waals surface area contributed by atoms with Gasteiger partial charge >= 0.3 is 0 Å². The molecule has 22 heavy (non-hydrogen) atoms. The number of hydrogen-bond donors (Lipinski definition) is 2. The number of likely N-dealkylation sites (N-methyl/N-ethyl adjacent to an activating group) is 1. The number of benzene rings is 1. The molecule has 1 aromatic heterocycles. The fourth-order valence-electron chi connectivity index (χ4n) is 2.01. The summed E-state index contributed by atoms with van der Waals surface area (Å²) in [6.07, 6.45) is 1.57. The van der Waals surface area contributed by atoms with Gasteiger partial charge in [0.25, 0.3) is 5.91 Å². The van der Waals surface area contributed by atoms with Gasteiger partial charge < -0.3 is 10.2 Å². The molecule has 1 aromatic carbocycles. The van der Waals surface area contributed by atoms with Crippen LogP contribution in [0.25, 0.3) is 0 Å². The van der Waals surface area contributed by atoms with Gasteiger partial charge in [0.1, 0.15) is 6.54 Å². The van der Waals surface area contributed by atoms with E-state index < -0.39 is 0 Å². The first-order chi connectivity index (χ1) is 10.5. The van der Waals surface area contributed by atoms with E-state index in [1.807, 2.05) is 19.2 Å². The van der Waals surface area contributed by atoms with E-state index in [9.17, 15) is 4.79 Å². The molecule has 2 aromatic rings. The van der Waals surface area contributed by atoms with Crippen LogP contribution in [0.5, 0.6) is 0 Å². The van der Waals surface area contributed by atoms with E-state index in [4.69, 9.17) is 34.8 Å². The number of amides is 1. The van der Waals surface area contributed by atoms with Crippen molar-refractivity contribution in [2.45, 2.75) is 6.54 Å². The van der Waals surface area contributed by atoms with E-state index >= 15 is 0 Å². The highest BCUT2D eigenvalue weighted by molar-refractivity contribution is 6.42. The number of quaternary nitrogens is 1. The lowest BCUT2D eigenvalue weighted by atomic mass is 10.2. The van der Waals surface area contributed by atoms with Crippen molar-refractivity contribution in [3.05, 3.63) is 57.3 Å². The number of aromatic nitrogens is 1. The van der Waals surface area contributed by atoms with Gasteiger partial charge in [-0.2, -0.15) is 0 Å². The Balaban J connectivity index is 1.91. The summed E-state index contributed by atoms with van der Waals surface area (Å²) >= 11 is 17.8. The molecule has 2 N–H and O–H groups in total. The van der Waals surface area contributed by atoms with Crippen molar-refractivity contribution in [3.63, 3.8) is 0 Å². The van der Waals surface area contributed by atoms with Gasteiger partial charge in [0.15, 0.2) is 11.7 Å². The van der Waals surface area contributed by atoms with Crippen molar-refractivity contribution in [1.82, 2.24) is 4.98 Å². The smallest absolute Gasteiger partial charge is 0.279 e. The minimum Gasteiger partial charge on any atom is -0.326 e. The molecule has 1 atom stereocenters. The highest BCUT2D eigenvalue weighted by Gasteiger charge is 2.13.